The van der Waals surface area contributed by atoms with E-state index in [0.717, 1.165) is 5.56 Å². The Bertz CT molecular complexity index is 454. The van der Waals surface area contributed by atoms with E-state index in [9.17, 15) is 8.42 Å². The summed E-state index contributed by atoms with van der Waals surface area (Å²) in [5.74, 6) is 0.299. The highest BCUT2D eigenvalue weighted by Crippen LogP contribution is 2.23. The summed E-state index contributed by atoms with van der Waals surface area (Å²) < 4.78 is 22.5. The second-order valence-corrected chi connectivity index (χ2v) is 6.90. The van der Waals surface area contributed by atoms with Gasteiger partial charge in [-0.25, -0.2) is 8.42 Å². The van der Waals surface area contributed by atoms with Crippen LogP contribution in [-0.4, -0.2) is 26.5 Å². The third-order valence-electron chi connectivity index (χ3n) is 2.39. The van der Waals surface area contributed by atoms with Crippen molar-refractivity contribution in [1.29, 1.82) is 0 Å². The molecule has 6 heteroatoms. The lowest BCUT2D eigenvalue weighted by atomic mass is 10.2. The van der Waals surface area contributed by atoms with Gasteiger partial charge in [0.2, 0.25) is 0 Å². The first kappa shape index (κ1) is 14.8. The molecule has 1 N–H and O–H groups in total. The quantitative estimate of drug-likeness (QED) is 0.821. The molecule has 0 heterocycles. The van der Waals surface area contributed by atoms with E-state index in [-0.39, 0.29) is 11.5 Å². The lowest BCUT2D eigenvalue weighted by Crippen LogP contribution is -2.23. The van der Waals surface area contributed by atoms with Crippen LogP contribution < -0.4 is 5.32 Å². The van der Waals surface area contributed by atoms with Crippen LogP contribution in [0.15, 0.2) is 18.2 Å². The molecule has 0 radical (unpaired) electrons. The molecule has 0 amide bonds. The van der Waals surface area contributed by atoms with Gasteiger partial charge in [-0.15, -0.1) is 0 Å². The van der Waals surface area contributed by atoms with Crippen LogP contribution in [0, 0.1) is 0 Å². The molecule has 0 aliphatic rings. The van der Waals surface area contributed by atoms with Gasteiger partial charge in [0.05, 0.1) is 5.75 Å². The highest BCUT2D eigenvalue weighted by Gasteiger charge is 2.08. The Labute approximate surface area is 112 Å². The Balaban J connectivity index is 2.47. The van der Waals surface area contributed by atoms with Crippen LogP contribution >= 0.6 is 23.2 Å². The molecule has 0 aliphatic heterocycles. The van der Waals surface area contributed by atoms with Crippen molar-refractivity contribution in [2.45, 2.75) is 13.5 Å². The molecule has 0 bridgehead atoms. The van der Waals surface area contributed by atoms with E-state index < -0.39 is 9.84 Å². The molecule has 1 aromatic carbocycles. The molecule has 1 rings (SSSR count). The molecule has 96 valence electrons. The van der Waals surface area contributed by atoms with E-state index in [2.05, 4.69) is 5.32 Å². The fourth-order valence-electron chi connectivity index (χ4n) is 1.29. The number of nitrogens with one attached hydrogen (secondary N) is 1. The first-order valence-corrected chi connectivity index (χ1v) is 7.88. The highest BCUT2D eigenvalue weighted by molar-refractivity contribution is 7.91. The SMILES string of the molecule is CCS(=O)(=O)CCNCc1c(Cl)cccc1Cl. The maximum absolute atomic E-state index is 11.3. The Morgan fingerprint density at radius 2 is 1.82 bits per heavy atom. The first-order chi connectivity index (χ1) is 7.96. The fraction of sp³-hybridized carbons (Fsp3) is 0.455. The van der Waals surface area contributed by atoms with Gasteiger partial charge in [-0.05, 0) is 12.1 Å². The minimum atomic E-state index is -2.92. The molecule has 3 nitrogen and oxygen atoms in total. The van der Waals surface area contributed by atoms with E-state index >= 15 is 0 Å². The molecule has 0 spiro atoms. The van der Waals surface area contributed by atoms with Crippen molar-refractivity contribution in [1.82, 2.24) is 5.32 Å². The summed E-state index contributed by atoms with van der Waals surface area (Å²) in [5.41, 5.74) is 0.796. The number of hydrogen-bond donors (Lipinski definition) is 1. The molecule has 0 saturated carbocycles. The maximum atomic E-state index is 11.3. The predicted molar refractivity (Wildman–Crippen MR) is 72.5 cm³/mol. The van der Waals surface area contributed by atoms with Crippen molar-refractivity contribution in [3.63, 3.8) is 0 Å². The van der Waals surface area contributed by atoms with Gasteiger partial charge in [0.25, 0.3) is 0 Å². The van der Waals surface area contributed by atoms with Crippen molar-refractivity contribution in [3.8, 4) is 0 Å². The van der Waals surface area contributed by atoms with Gasteiger partial charge in [-0.1, -0.05) is 36.2 Å². The molecule has 0 aliphatic carbocycles. The van der Waals surface area contributed by atoms with Crippen LogP contribution in [0.2, 0.25) is 10.0 Å². The number of halogens is 2. The summed E-state index contributed by atoms with van der Waals surface area (Å²) in [6.45, 7) is 2.51. The summed E-state index contributed by atoms with van der Waals surface area (Å²) in [6, 6.07) is 5.29. The largest absolute Gasteiger partial charge is 0.312 e. The maximum Gasteiger partial charge on any atom is 0.151 e. The lowest BCUT2D eigenvalue weighted by molar-refractivity contribution is 0.592. The van der Waals surface area contributed by atoms with Gasteiger partial charge < -0.3 is 5.32 Å². The van der Waals surface area contributed by atoms with Gasteiger partial charge in [0.15, 0.2) is 9.84 Å². The van der Waals surface area contributed by atoms with Gasteiger partial charge >= 0.3 is 0 Å². The monoisotopic (exact) mass is 295 g/mol. The van der Waals surface area contributed by atoms with Crippen molar-refractivity contribution in [2.75, 3.05) is 18.1 Å². The van der Waals surface area contributed by atoms with Gasteiger partial charge in [0, 0.05) is 34.5 Å². The zero-order valence-electron chi connectivity index (χ0n) is 9.54. The standard InChI is InChI=1S/C11H15Cl2NO2S/c1-2-17(15,16)7-6-14-8-9-10(12)4-3-5-11(9)13/h3-5,14H,2,6-8H2,1H3. The predicted octanol–water partition coefficient (Wildman–Crippen LogP) is 2.52. The first-order valence-electron chi connectivity index (χ1n) is 5.30. The topological polar surface area (TPSA) is 46.2 Å². The minimum absolute atomic E-state index is 0.131. The normalized spacial score (nSPS) is 11.7. The average molecular weight is 296 g/mol. The molecule has 0 unspecified atom stereocenters. The summed E-state index contributed by atoms with van der Waals surface area (Å²) >= 11 is 12.0. The summed E-state index contributed by atoms with van der Waals surface area (Å²) in [4.78, 5) is 0. The third kappa shape index (κ3) is 4.84. The zero-order chi connectivity index (χ0) is 12.9. The summed E-state index contributed by atoms with van der Waals surface area (Å²) in [7, 11) is -2.92. The second kappa shape index (κ2) is 6.59. The Morgan fingerprint density at radius 1 is 1.24 bits per heavy atom. The number of hydrogen-bond acceptors (Lipinski definition) is 3. The van der Waals surface area contributed by atoms with E-state index in [4.69, 9.17) is 23.2 Å². The molecule has 1 aromatic rings. The number of rotatable bonds is 6. The van der Waals surface area contributed by atoms with Crippen LogP contribution in [0.3, 0.4) is 0 Å². The van der Waals surface area contributed by atoms with Crippen molar-refractivity contribution in [2.24, 2.45) is 0 Å². The van der Waals surface area contributed by atoms with Crippen LogP contribution in [0.25, 0.3) is 0 Å². The van der Waals surface area contributed by atoms with Crippen LogP contribution in [-0.2, 0) is 16.4 Å². The van der Waals surface area contributed by atoms with Gasteiger partial charge in [0.1, 0.15) is 0 Å². The Morgan fingerprint density at radius 3 is 2.35 bits per heavy atom. The molecular weight excluding hydrogens is 281 g/mol. The van der Waals surface area contributed by atoms with Crippen LogP contribution in [0.4, 0.5) is 0 Å². The Kier molecular flexibility index (Phi) is 5.73. The van der Waals surface area contributed by atoms with E-state index in [1.165, 1.54) is 0 Å². The molecule has 0 fully saturated rings. The summed E-state index contributed by atoms with van der Waals surface area (Å²) in [6.07, 6.45) is 0. The smallest absolute Gasteiger partial charge is 0.151 e. The second-order valence-electron chi connectivity index (χ2n) is 3.61. The Hall–Kier alpha value is -0.290. The third-order valence-corrected chi connectivity index (χ3v) is 4.81. The van der Waals surface area contributed by atoms with Crippen LogP contribution in [0.5, 0.6) is 0 Å². The number of sulfone groups is 1. The van der Waals surface area contributed by atoms with Crippen LogP contribution in [0.1, 0.15) is 12.5 Å². The fourth-order valence-corrected chi connectivity index (χ4v) is 2.56. The minimum Gasteiger partial charge on any atom is -0.312 e. The zero-order valence-corrected chi connectivity index (χ0v) is 11.9. The molecular formula is C11H15Cl2NO2S. The highest BCUT2D eigenvalue weighted by atomic mass is 35.5. The number of benzene rings is 1. The molecule has 0 saturated heterocycles. The van der Waals surface area contributed by atoms with Crippen molar-refractivity contribution >= 4 is 33.0 Å². The van der Waals surface area contributed by atoms with E-state index in [1.807, 2.05) is 0 Å². The van der Waals surface area contributed by atoms with Gasteiger partial charge in [-0.3, -0.25) is 0 Å². The van der Waals surface area contributed by atoms with Gasteiger partial charge in [-0.2, -0.15) is 0 Å². The molecule has 0 aromatic heterocycles. The van der Waals surface area contributed by atoms with Crippen molar-refractivity contribution < 1.29 is 8.42 Å². The summed E-state index contributed by atoms with van der Waals surface area (Å²) in [5, 5.41) is 4.20. The lowest BCUT2D eigenvalue weighted by Gasteiger charge is -2.08. The average Bonchev–Trinajstić information content (AvgIpc) is 2.27. The van der Waals surface area contributed by atoms with E-state index in [1.54, 1.807) is 25.1 Å². The molecule has 0 atom stereocenters. The molecule has 17 heavy (non-hydrogen) atoms. The van der Waals surface area contributed by atoms with E-state index in [0.29, 0.717) is 23.1 Å². The van der Waals surface area contributed by atoms with Crippen molar-refractivity contribution in [3.05, 3.63) is 33.8 Å².